The maximum atomic E-state index is 11.6. The van der Waals surface area contributed by atoms with Crippen molar-refractivity contribution in [2.75, 3.05) is 66.3 Å². The van der Waals surface area contributed by atoms with Crippen molar-refractivity contribution in [3.05, 3.63) is 10.1 Å². The largest absolute Gasteiger partial charge is 0.460 e. The van der Waals surface area contributed by atoms with Crippen LogP contribution in [0.15, 0.2) is 0 Å². The second kappa shape index (κ2) is 16.2. The predicted octanol–water partition coefficient (Wildman–Crippen LogP) is -0.876. The second-order valence-electron chi connectivity index (χ2n) is 7.37. The van der Waals surface area contributed by atoms with Crippen LogP contribution in [0.4, 0.5) is 0 Å². The van der Waals surface area contributed by atoms with Crippen LogP contribution < -0.4 is 10.6 Å². The van der Waals surface area contributed by atoms with Crippen LogP contribution in [0.3, 0.4) is 0 Å². The molecule has 0 aromatic rings. The van der Waals surface area contributed by atoms with Gasteiger partial charge in [-0.2, -0.15) is 0 Å². The van der Waals surface area contributed by atoms with Gasteiger partial charge >= 0.3 is 5.97 Å². The summed E-state index contributed by atoms with van der Waals surface area (Å²) in [5, 5.41) is 15.8. The molecular formula is C18H34N4O9. The van der Waals surface area contributed by atoms with Gasteiger partial charge < -0.3 is 29.6 Å². The number of carbonyl (C=O) groups excluding carboxylic acids is 3. The normalized spacial score (nSPS) is 11.0. The molecule has 0 radical (unpaired) electrons. The molecule has 2 N–H and O–H groups in total. The first-order valence-electron chi connectivity index (χ1n) is 9.85. The number of nitrogens with zero attached hydrogens (tertiary/aromatic N) is 2. The average Bonchev–Trinajstić information content (AvgIpc) is 2.65. The Morgan fingerprint density at radius 3 is 1.94 bits per heavy atom. The Hall–Kier alpha value is -2.51. The molecule has 0 unspecified atom stereocenters. The number of nitro groups is 1. The number of hydrogen-bond acceptors (Lipinski definition) is 9. The van der Waals surface area contributed by atoms with Gasteiger partial charge in [0.15, 0.2) is 5.03 Å². The van der Waals surface area contributed by atoms with E-state index in [0.717, 1.165) is 5.01 Å². The van der Waals surface area contributed by atoms with Crippen molar-refractivity contribution in [2.24, 2.45) is 0 Å². The van der Waals surface area contributed by atoms with Crippen molar-refractivity contribution >= 4 is 17.8 Å². The Morgan fingerprint density at radius 2 is 1.42 bits per heavy atom. The topological polar surface area (TPSA) is 159 Å². The van der Waals surface area contributed by atoms with Crippen LogP contribution in [0.5, 0.6) is 0 Å². The van der Waals surface area contributed by atoms with E-state index >= 15 is 0 Å². The van der Waals surface area contributed by atoms with Crippen molar-refractivity contribution in [1.82, 2.24) is 15.6 Å². The van der Waals surface area contributed by atoms with Crippen molar-refractivity contribution in [3.8, 4) is 0 Å². The number of rotatable bonds is 17. The van der Waals surface area contributed by atoms with E-state index in [1.54, 1.807) is 20.8 Å². The number of hydrogen-bond donors (Lipinski definition) is 2. The van der Waals surface area contributed by atoms with Gasteiger partial charge in [-0.15, -0.1) is 5.01 Å². The minimum Gasteiger partial charge on any atom is -0.460 e. The molecule has 0 atom stereocenters. The molecule has 31 heavy (non-hydrogen) atoms. The molecule has 0 rings (SSSR count). The molecule has 0 aliphatic heterocycles. The highest BCUT2D eigenvalue weighted by Gasteiger charge is 2.15. The zero-order valence-corrected chi connectivity index (χ0v) is 18.6. The van der Waals surface area contributed by atoms with E-state index in [9.17, 15) is 24.5 Å². The Bertz CT molecular complexity index is 567. The molecule has 0 aromatic heterocycles. The Kier molecular flexibility index (Phi) is 14.9. The fraction of sp³-hybridized carbons (Fsp3) is 0.833. The van der Waals surface area contributed by atoms with Crippen LogP contribution in [-0.4, -0.2) is 99.7 Å². The standard InChI is InChI=1S/C18H34N4O9/c1-18(2,3)31-17(25)5-9-28-10-6-19-15(23)13-29-11-7-20-16(24)14-30-12-8-21(4)22(26)27/h5-14H2,1-4H3,(H,19,23)(H,20,24). The molecule has 2 amide bonds. The van der Waals surface area contributed by atoms with Gasteiger partial charge in [0, 0.05) is 13.1 Å². The lowest BCUT2D eigenvalue weighted by atomic mass is 10.2. The summed E-state index contributed by atoms with van der Waals surface area (Å²) in [4.78, 5) is 44.9. The third-order valence-corrected chi connectivity index (χ3v) is 3.31. The molecule has 0 aromatic carbocycles. The average molecular weight is 450 g/mol. The van der Waals surface area contributed by atoms with Gasteiger partial charge in [-0.3, -0.25) is 14.4 Å². The first kappa shape index (κ1) is 28.5. The highest BCUT2D eigenvalue weighted by Crippen LogP contribution is 2.07. The van der Waals surface area contributed by atoms with Gasteiger partial charge in [-0.25, -0.2) is 10.1 Å². The monoisotopic (exact) mass is 450 g/mol. The van der Waals surface area contributed by atoms with Gasteiger partial charge in [-0.05, 0) is 20.8 Å². The third-order valence-electron chi connectivity index (χ3n) is 3.31. The molecular weight excluding hydrogens is 416 g/mol. The van der Waals surface area contributed by atoms with Gasteiger partial charge in [0.1, 0.15) is 25.4 Å². The summed E-state index contributed by atoms with van der Waals surface area (Å²) in [6.45, 7) is 6.14. The van der Waals surface area contributed by atoms with Crippen molar-refractivity contribution in [3.63, 3.8) is 0 Å². The molecule has 0 saturated heterocycles. The fourth-order valence-electron chi connectivity index (χ4n) is 1.89. The van der Waals surface area contributed by atoms with E-state index in [0.29, 0.717) is 0 Å². The molecule has 13 heteroatoms. The summed E-state index contributed by atoms with van der Waals surface area (Å²) < 4.78 is 20.5. The smallest absolute Gasteiger partial charge is 0.308 e. The van der Waals surface area contributed by atoms with Crippen molar-refractivity contribution in [1.29, 1.82) is 0 Å². The number of amides is 2. The summed E-state index contributed by atoms with van der Waals surface area (Å²) in [7, 11) is 1.30. The number of ether oxygens (including phenoxy) is 4. The van der Waals surface area contributed by atoms with Gasteiger partial charge in [0.25, 0.3) is 0 Å². The third kappa shape index (κ3) is 19.2. The van der Waals surface area contributed by atoms with Crippen molar-refractivity contribution < 1.29 is 38.4 Å². The molecule has 0 heterocycles. The predicted molar refractivity (Wildman–Crippen MR) is 109 cm³/mol. The molecule has 0 spiro atoms. The minimum absolute atomic E-state index is 0.0479. The molecule has 0 aliphatic carbocycles. The van der Waals surface area contributed by atoms with E-state index in [1.165, 1.54) is 7.05 Å². The van der Waals surface area contributed by atoms with E-state index in [1.807, 2.05) is 0 Å². The van der Waals surface area contributed by atoms with E-state index in [4.69, 9.17) is 18.9 Å². The van der Waals surface area contributed by atoms with Crippen LogP contribution in [0, 0.1) is 10.1 Å². The van der Waals surface area contributed by atoms with E-state index in [-0.39, 0.29) is 83.5 Å². The van der Waals surface area contributed by atoms with E-state index in [2.05, 4.69) is 10.6 Å². The van der Waals surface area contributed by atoms with E-state index < -0.39 is 10.6 Å². The molecule has 0 bridgehead atoms. The number of esters is 1. The molecule has 0 fully saturated rings. The lowest BCUT2D eigenvalue weighted by Gasteiger charge is -2.19. The Labute approximate surface area is 181 Å². The number of likely N-dealkylation sites (N-methyl/N-ethyl adjacent to an activating group) is 1. The zero-order valence-electron chi connectivity index (χ0n) is 18.6. The Morgan fingerprint density at radius 1 is 0.903 bits per heavy atom. The maximum Gasteiger partial charge on any atom is 0.308 e. The summed E-state index contributed by atoms with van der Waals surface area (Å²) in [6, 6.07) is 0. The lowest BCUT2D eigenvalue weighted by molar-refractivity contribution is -0.649. The molecule has 0 saturated carbocycles. The zero-order chi connectivity index (χ0) is 23.7. The minimum atomic E-state index is -0.573. The summed E-state index contributed by atoms with van der Waals surface area (Å²) in [5.41, 5.74) is -0.528. The van der Waals surface area contributed by atoms with Crippen LogP contribution >= 0.6 is 0 Å². The summed E-state index contributed by atoms with van der Waals surface area (Å²) >= 11 is 0. The van der Waals surface area contributed by atoms with Gasteiger partial charge in [0.2, 0.25) is 11.8 Å². The summed E-state index contributed by atoms with van der Waals surface area (Å²) in [6.07, 6.45) is 0.140. The first-order valence-corrected chi connectivity index (χ1v) is 9.85. The number of nitrogens with one attached hydrogen (secondary N) is 2. The van der Waals surface area contributed by atoms with Crippen LogP contribution in [-0.2, 0) is 33.3 Å². The highest BCUT2D eigenvalue weighted by molar-refractivity contribution is 5.77. The first-order chi connectivity index (χ1) is 14.5. The molecule has 0 aliphatic rings. The van der Waals surface area contributed by atoms with Crippen LogP contribution in [0.1, 0.15) is 27.2 Å². The second-order valence-corrected chi connectivity index (χ2v) is 7.37. The fourth-order valence-corrected chi connectivity index (χ4v) is 1.89. The van der Waals surface area contributed by atoms with Crippen LogP contribution in [0.25, 0.3) is 0 Å². The van der Waals surface area contributed by atoms with Crippen LogP contribution in [0.2, 0.25) is 0 Å². The van der Waals surface area contributed by atoms with Gasteiger partial charge in [-0.1, -0.05) is 0 Å². The maximum absolute atomic E-state index is 11.6. The summed E-state index contributed by atoms with van der Waals surface area (Å²) in [5.74, 6) is -1.06. The highest BCUT2D eigenvalue weighted by atomic mass is 16.7. The molecule has 180 valence electrons. The number of hydrazine groups is 1. The molecule has 13 nitrogen and oxygen atoms in total. The SMILES string of the molecule is CN(CCOCC(=O)NCCOCC(=O)NCCOCCC(=O)OC(C)(C)C)[N+](=O)[O-]. The Balaban J connectivity index is 3.51. The number of carbonyl (C=O) groups is 3. The van der Waals surface area contributed by atoms with Gasteiger partial charge in [0.05, 0.1) is 39.9 Å². The lowest BCUT2D eigenvalue weighted by Crippen LogP contribution is -2.34. The quantitative estimate of drug-likeness (QED) is 0.123. The van der Waals surface area contributed by atoms with Crippen molar-refractivity contribution in [2.45, 2.75) is 32.8 Å².